The molecule has 1 heterocycles. The van der Waals surface area contributed by atoms with Gasteiger partial charge in [-0.1, -0.05) is 6.92 Å². The van der Waals surface area contributed by atoms with E-state index in [1.165, 1.54) is 0 Å². The van der Waals surface area contributed by atoms with Crippen LogP contribution in [0, 0.1) is 18.8 Å². The van der Waals surface area contributed by atoms with Gasteiger partial charge in [-0.15, -0.1) is 0 Å². The minimum Gasteiger partial charge on any atom is -0.396 e. The largest absolute Gasteiger partial charge is 0.396 e. The summed E-state index contributed by atoms with van der Waals surface area (Å²) in [6.07, 6.45) is 3.81. The summed E-state index contributed by atoms with van der Waals surface area (Å²) >= 11 is 0. The zero-order valence-electron chi connectivity index (χ0n) is 13.1. The van der Waals surface area contributed by atoms with Gasteiger partial charge < -0.3 is 10.4 Å². The lowest BCUT2D eigenvalue weighted by atomic mass is 9.93. The Morgan fingerprint density at radius 2 is 2.14 bits per heavy atom. The van der Waals surface area contributed by atoms with Gasteiger partial charge in [0.25, 0.3) is 5.56 Å². The van der Waals surface area contributed by atoms with Crippen LogP contribution in [0.4, 0.5) is 5.82 Å². The predicted molar refractivity (Wildman–Crippen MR) is 83.7 cm³/mol. The molecule has 0 spiro atoms. The number of hydrogen-bond acceptors (Lipinski definition) is 6. The number of nitrogens with one attached hydrogen (secondary N) is 2. The first-order chi connectivity index (χ1) is 10.2. The molecular weight excluding hydrogens is 306 g/mol. The lowest BCUT2D eigenvalue weighted by Gasteiger charge is -2.18. The maximum absolute atomic E-state index is 11.9. The number of anilines is 1. The van der Waals surface area contributed by atoms with E-state index in [-0.39, 0.29) is 23.7 Å². The van der Waals surface area contributed by atoms with Crippen molar-refractivity contribution in [2.45, 2.75) is 44.3 Å². The lowest BCUT2D eigenvalue weighted by Crippen LogP contribution is -2.24. The highest BCUT2D eigenvalue weighted by molar-refractivity contribution is 7.90. The molecule has 1 aromatic rings. The average Bonchev–Trinajstić information content (AvgIpc) is 2.90. The summed E-state index contributed by atoms with van der Waals surface area (Å²) in [6, 6.07) is 0.138. The fraction of sp³-hybridized carbons (Fsp3) is 0.714. The van der Waals surface area contributed by atoms with E-state index in [1.807, 2.05) is 6.92 Å². The molecule has 0 saturated heterocycles. The lowest BCUT2D eigenvalue weighted by molar-refractivity contribution is 0.189. The molecule has 1 saturated carbocycles. The molecule has 7 nitrogen and oxygen atoms in total. The fourth-order valence-electron chi connectivity index (χ4n) is 2.83. The summed E-state index contributed by atoms with van der Waals surface area (Å²) < 4.78 is 23.2. The van der Waals surface area contributed by atoms with Crippen molar-refractivity contribution in [2.24, 2.45) is 11.8 Å². The SMILES string of the molecule is Cc1c(NC2CCC([C@H](C)CO)C2)nc(S(C)(=O)=O)[nH]c1=O. The van der Waals surface area contributed by atoms with Crippen molar-refractivity contribution in [3.63, 3.8) is 0 Å². The molecule has 0 amide bonds. The highest BCUT2D eigenvalue weighted by Crippen LogP contribution is 2.33. The van der Waals surface area contributed by atoms with Crippen LogP contribution < -0.4 is 10.9 Å². The van der Waals surface area contributed by atoms with Gasteiger partial charge in [0.15, 0.2) is 0 Å². The van der Waals surface area contributed by atoms with Crippen molar-refractivity contribution in [1.29, 1.82) is 0 Å². The normalized spacial score (nSPS) is 23.5. The molecule has 22 heavy (non-hydrogen) atoms. The number of H-pyrrole nitrogens is 1. The second-order valence-electron chi connectivity index (χ2n) is 6.19. The first-order valence-electron chi connectivity index (χ1n) is 7.40. The first kappa shape index (κ1) is 17.0. The van der Waals surface area contributed by atoms with Crippen LogP contribution in [0.1, 0.15) is 31.7 Å². The van der Waals surface area contributed by atoms with Gasteiger partial charge in [-0.2, -0.15) is 0 Å². The second-order valence-corrected chi connectivity index (χ2v) is 8.12. The third kappa shape index (κ3) is 3.67. The summed E-state index contributed by atoms with van der Waals surface area (Å²) in [5.74, 6) is 0.997. The van der Waals surface area contributed by atoms with E-state index in [0.717, 1.165) is 25.5 Å². The van der Waals surface area contributed by atoms with E-state index in [4.69, 9.17) is 0 Å². The number of hydrogen-bond donors (Lipinski definition) is 3. The van der Waals surface area contributed by atoms with Crippen molar-refractivity contribution in [2.75, 3.05) is 18.2 Å². The van der Waals surface area contributed by atoms with Gasteiger partial charge >= 0.3 is 0 Å². The van der Waals surface area contributed by atoms with Gasteiger partial charge in [-0.05, 0) is 38.0 Å². The molecule has 1 aliphatic carbocycles. The van der Waals surface area contributed by atoms with Crippen molar-refractivity contribution >= 4 is 15.7 Å². The molecule has 8 heteroatoms. The van der Waals surface area contributed by atoms with E-state index in [1.54, 1.807) is 6.92 Å². The zero-order chi connectivity index (χ0) is 16.5. The van der Waals surface area contributed by atoms with Crippen LogP contribution >= 0.6 is 0 Å². The van der Waals surface area contributed by atoms with Crippen LogP contribution in [0.2, 0.25) is 0 Å². The van der Waals surface area contributed by atoms with Gasteiger partial charge in [0, 0.05) is 18.9 Å². The van der Waals surface area contributed by atoms with Crippen LogP contribution in [0.25, 0.3) is 0 Å². The number of aromatic nitrogens is 2. The molecule has 0 radical (unpaired) electrons. The quantitative estimate of drug-likeness (QED) is 0.685. The van der Waals surface area contributed by atoms with Gasteiger partial charge in [0.05, 0.1) is 5.56 Å². The Balaban J connectivity index is 2.20. The van der Waals surface area contributed by atoms with E-state index in [2.05, 4.69) is 15.3 Å². The fourth-order valence-corrected chi connectivity index (χ4v) is 3.37. The Morgan fingerprint density at radius 1 is 1.45 bits per heavy atom. The van der Waals surface area contributed by atoms with E-state index in [9.17, 15) is 18.3 Å². The first-order valence-corrected chi connectivity index (χ1v) is 9.30. The molecule has 0 aromatic carbocycles. The number of rotatable bonds is 5. The second kappa shape index (κ2) is 6.37. The minimum atomic E-state index is -3.57. The van der Waals surface area contributed by atoms with Crippen LogP contribution in [0.15, 0.2) is 9.95 Å². The van der Waals surface area contributed by atoms with E-state index in [0.29, 0.717) is 17.3 Å². The van der Waals surface area contributed by atoms with Gasteiger partial charge in [-0.25, -0.2) is 13.4 Å². The van der Waals surface area contributed by atoms with Crippen LogP contribution in [0.5, 0.6) is 0 Å². The third-order valence-electron chi connectivity index (χ3n) is 4.39. The van der Waals surface area contributed by atoms with Crippen molar-refractivity contribution in [3.05, 3.63) is 15.9 Å². The monoisotopic (exact) mass is 329 g/mol. The van der Waals surface area contributed by atoms with Crippen molar-refractivity contribution in [1.82, 2.24) is 9.97 Å². The van der Waals surface area contributed by atoms with Crippen LogP contribution in [-0.2, 0) is 9.84 Å². The molecule has 3 N–H and O–H groups in total. The van der Waals surface area contributed by atoms with Gasteiger partial charge in [0.1, 0.15) is 5.82 Å². The topological polar surface area (TPSA) is 112 Å². The van der Waals surface area contributed by atoms with E-state index >= 15 is 0 Å². The van der Waals surface area contributed by atoms with Crippen LogP contribution in [-0.4, -0.2) is 42.4 Å². The van der Waals surface area contributed by atoms with Gasteiger partial charge in [0.2, 0.25) is 15.0 Å². The zero-order valence-corrected chi connectivity index (χ0v) is 13.9. The molecule has 1 aliphatic rings. The van der Waals surface area contributed by atoms with Crippen molar-refractivity contribution < 1.29 is 13.5 Å². The summed E-state index contributed by atoms with van der Waals surface area (Å²) in [5, 5.41) is 12.1. The summed E-state index contributed by atoms with van der Waals surface area (Å²) in [7, 11) is -3.57. The van der Waals surface area contributed by atoms with Crippen molar-refractivity contribution in [3.8, 4) is 0 Å². The van der Waals surface area contributed by atoms with Crippen LogP contribution in [0.3, 0.4) is 0 Å². The number of nitrogens with zero attached hydrogens (tertiary/aromatic N) is 1. The number of aliphatic hydroxyl groups is 1. The summed E-state index contributed by atoms with van der Waals surface area (Å²) in [6.45, 7) is 3.80. The van der Waals surface area contributed by atoms with Gasteiger partial charge in [-0.3, -0.25) is 9.78 Å². The maximum Gasteiger partial charge on any atom is 0.256 e. The number of aromatic amines is 1. The maximum atomic E-state index is 11.9. The molecule has 124 valence electrons. The average molecular weight is 329 g/mol. The third-order valence-corrected chi connectivity index (χ3v) is 5.28. The number of sulfone groups is 1. The Kier molecular flexibility index (Phi) is 4.91. The highest BCUT2D eigenvalue weighted by Gasteiger charge is 2.29. The Morgan fingerprint density at radius 3 is 2.73 bits per heavy atom. The smallest absolute Gasteiger partial charge is 0.256 e. The molecule has 2 unspecified atom stereocenters. The molecule has 0 bridgehead atoms. The molecule has 0 aliphatic heterocycles. The summed E-state index contributed by atoms with van der Waals surface area (Å²) in [4.78, 5) is 18.2. The Hall–Kier alpha value is -1.41. The Labute approximate surface area is 130 Å². The van der Waals surface area contributed by atoms with E-state index < -0.39 is 15.4 Å². The standard InChI is InChI=1S/C14H23N3O4S/c1-8(7-18)10-4-5-11(6-10)15-12-9(2)13(19)17-14(16-12)22(3,20)21/h8,10-11,18H,4-7H2,1-3H3,(H2,15,16,17,19)/t8-,10?,11?/m1/s1. The number of aliphatic hydroxyl groups excluding tert-OH is 1. The highest BCUT2D eigenvalue weighted by atomic mass is 32.2. The molecule has 3 atom stereocenters. The Bertz CT molecular complexity index is 699. The predicted octanol–water partition coefficient (Wildman–Crippen LogP) is 0.691. The minimum absolute atomic E-state index is 0.138. The molecular formula is C14H23N3O4S. The summed E-state index contributed by atoms with van der Waals surface area (Å²) in [5.41, 5.74) is -0.0674. The molecule has 1 fully saturated rings. The molecule has 1 aromatic heterocycles. The molecule has 2 rings (SSSR count).